The number of aromatic amines is 1. The van der Waals surface area contributed by atoms with Gasteiger partial charge in [-0.15, -0.1) is 5.06 Å². The standard InChI is InChI=1S/C33H37N5O8/c1-33(16-21-17-34-28-5-3-2-4-27(21)28,35-32(42)46-37-23-11-19-10-20(13-23)14-24(37)12-19)31(41)36-18-26(15-29(36)30(39)40)45-25-8-6-22(7-9-25)38(43)44/h2-9,17,19-20,23-24,26,29,34H,10-16,18H2,1H3,(H,35,42)(H,39,40)/t19?,20?,23?,24?,26-,29-,33-/m1/s1. The molecule has 0 radical (unpaired) electrons. The van der Waals surface area contributed by atoms with E-state index in [0.29, 0.717) is 17.6 Å². The molecule has 0 unspecified atom stereocenters. The average molecular weight is 632 g/mol. The van der Waals surface area contributed by atoms with E-state index < -0.39 is 40.6 Å². The lowest BCUT2D eigenvalue weighted by Gasteiger charge is -2.54. The molecule has 5 fully saturated rings. The van der Waals surface area contributed by atoms with Crippen molar-refractivity contribution in [3.05, 3.63) is 70.4 Å². The number of piperidine rings is 2. The number of carbonyl (C=O) groups excluding carboxylic acids is 2. The second-order valence-corrected chi connectivity index (χ2v) is 13.5. The molecule has 13 nitrogen and oxygen atoms in total. The van der Waals surface area contributed by atoms with Crippen LogP contribution < -0.4 is 10.1 Å². The molecule has 2 amide bonds. The van der Waals surface area contributed by atoms with E-state index in [-0.39, 0.29) is 37.2 Å². The number of carbonyl (C=O) groups is 3. The minimum atomic E-state index is -1.56. The number of aliphatic carboxylic acids is 1. The molecular formula is C33H37N5O8. The Balaban J connectivity index is 1.13. The van der Waals surface area contributed by atoms with Crippen LogP contribution in [0.4, 0.5) is 10.5 Å². The smallest absolute Gasteiger partial charge is 0.427 e. The van der Waals surface area contributed by atoms with Crippen LogP contribution in [0.3, 0.4) is 0 Å². The maximum absolute atomic E-state index is 14.5. The fourth-order valence-electron chi connectivity index (χ4n) is 8.32. The van der Waals surface area contributed by atoms with Gasteiger partial charge in [0.15, 0.2) is 0 Å². The number of fused-ring (bicyclic) bond motifs is 1. The average Bonchev–Trinajstić information content (AvgIpc) is 3.63. The minimum absolute atomic E-state index is 0.00510. The number of hydroxylamine groups is 2. The highest BCUT2D eigenvalue weighted by atomic mass is 16.7. The summed E-state index contributed by atoms with van der Waals surface area (Å²) in [4.78, 5) is 61.5. The van der Waals surface area contributed by atoms with Crippen molar-refractivity contribution in [3.63, 3.8) is 0 Å². The Kier molecular flexibility index (Phi) is 7.58. The molecule has 13 heteroatoms. The van der Waals surface area contributed by atoms with Crippen LogP contribution in [-0.2, 0) is 20.8 Å². The zero-order valence-electron chi connectivity index (χ0n) is 25.5. The van der Waals surface area contributed by atoms with Gasteiger partial charge in [0, 0.05) is 54.2 Å². The highest BCUT2D eigenvalue weighted by Gasteiger charge is 2.51. The zero-order valence-corrected chi connectivity index (χ0v) is 25.5. The predicted octanol–water partition coefficient (Wildman–Crippen LogP) is 4.41. The first-order valence-corrected chi connectivity index (χ1v) is 15.8. The molecule has 2 aliphatic carbocycles. The number of para-hydroxylation sites is 1. The molecule has 4 heterocycles. The summed E-state index contributed by atoms with van der Waals surface area (Å²) in [6, 6.07) is 12.3. The van der Waals surface area contributed by atoms with E-state index in [2.05, 4.69) is 10.3 Å². The monoisotopic (exact) mass is 631 g/mol. The Morgan fingerprint density at radius 1 is 1.02 bits per heavy atom. The van der Waals surface area contributed by atoms with Gasteiger partial charge in [-0.25, -0.2) is 9.59 Å². The summed E-state index contributed by atoms with van der Waals surface area (Å²) in [5.41, 5.74) is -0.0115. The summed E-state index contributed by atoms with van der Waals surface area (Å²) in [7, 11) is 0. The third kappa shape index (κ3) is 5.63. The van der Waals surface area contributed by atoms with Crippen LogP contribution in [0, 0.1) is 22.0 Å². The van der Waals surface area contributed by atoms with Crippen molar-refractivity contribution < 1.29 is 34.0 Å². The Morgan fingerprint density at radius 3 is 2.35 bits per heavy atom. The number of hydrogen-bond donors (Lipinski definition) is 3. The number of nitrogens with zero attached hydrogens (tertiary/aromatic N) is 3. The highest BCUT2D eigenvalue weighted by molar-refractivity contribution is 5.94. The van der Waals surface area contributed by atoms with Gasteiger partial charge in [0.2, 0.25) is 5.91 Å². The first-order valence-electron chi connectivity index (χ1n) is 15.8. The maximum atomic E-state index is 14.5. The number of non-ortho nitro benzene ring substituents is 1. The topological polar surface area (TPSA) is 167 Å². The molecule has 242 valence electrons. The molecule has 2 aromatic carbocycles. The van der Waals surface area contributed by atoms with Gasteiger partial charge >= 0.3 is 12.1 Å². The van der Waals surface area contributed by atoms with E-state index in [9.17, 15) is 29.6 Å². The van der Waals surface area contributed by atoms with Crippen LogP contribution in [-0.4, -0.2) is 79.3 Å². The van der Waals surface area contributed by atoms with Crippen LogP contribution in [0.5, 0.6) is 5.75 Å². The number of H-pyrrole nitrogens is 1. The summed E-state index contributed by atoms with van der Waals surface area (Å²) >= 11 is 0. The van der Waals surface area contributed by atoms with E-state index in [0.717, 1.165) is 42.1 Å². The van der Waals surface area contributed by atoms with Crippen LogP contribution in [0.15, 0.2) is 54.7 Å². The molecule has 3 aromatic rings. The number of carboxylic acids is 1. The lowest BCUT2D eigenvalue weighted by Crippen LogP contribution is -2.63. The van der Waals surface area contributed by atoms with Crippen molar-refractivity contribution in [2.75, 3.05) is 6.54 Å². The van der Waals surface area contributed by atoms with Crippen molar-refractivity contribution in [2.45, 2.75) is 81.6 Å². The molecule has 8 rings (SSSR count). The first kappa shape index (κ1) is 30.0. The van der Waals surface area contributed by atoms with Crippen molar-refractivity contribution >= 4 is 34.6 Å². The number of amides is 2. The quantitative estimate of drug-likeness (QED) is 0.229. The lowest BCUT2D eigenvalue weighted by atomic mass is 9.64. The summed E-state index contributed by atoms with van der Waals surface area (Å²) in [5, 5.41) is 26.8. The zero-order chi connectivity index (χ0) is 32.2. The molecule has 5 aliphatic rings. The molecule has 1 aromatic heterocycles. The van der Waals surface area contributed by atoms with E-state index in [1.54, 1.807) is 13.1 Å². The van der Waals surface area contributed by atoms with Crippen molar-refractivity contribution in [2.24, 2.45) is 11.8 Å². The first-order chi connectivity index (χ1) is 22.1. The van der Waals surface area contributed by atoms with Crippen molar-refractivity contribution in [3.8, 4) is 5.75 Å². The third-order valence-electron chi connectivity index (χ3n) is 10.2. The number of nitrogens with one attached hydrogen (secondary N) is 2. The van der Waals surface area contributed by atoms with Crippen LogP contribution in [0.25, 0.3) is 10.9 Å². The number of ether oxygens (including phenoxy) is 1. The molecule has 3 saturated heterocycles. The van der Waals surface area contributed by atoms with Gasteiger partial charge in [0.25, 0.3) is 5.69 Å². The number of benzene rings is 2. The van der Waals surface area contributed by atoms with Gasteiger partial charge in [-0.2, -0.15) is 0 Å². The number of rotatable bonds is 9. The molecule has 0 spiro atoms. The number of nitro benzene ring substituents is 1. The summed E-state index contributed by atoms with van der Waals surface area (Å²) in [6.07, 6.45) is 5.69. The van der Waals surface area contributed by atoms with E-state index in [4.69, 9.17) is 9.57 Å². The van der Waals surface area contributed by atoms with Gasteiger partial charge < -0.3 is 29.9 Å². The Bertz CT molecular complexity index is 1650. The second-order valence-electron chi connectivity index (χ2n) is 13.5. The molecule has 4 bridgehead atoms. The summed E-state index contributed by atoms with van der Waals surface area (Å²) < 4.78 is 5.98. The van der Waals surface area contributed by atoms with Gasteiger partial charge in [-0.05, 0) is 74.6 Å². The Labute approximate surface area is 264 Å². The van der Waals surface area contributed by atoms with Crippen molar-refractivity contribution in [1.82, 2.24) is 20.3 Å². The number of carboxylic acid groups (broad SMARTS) is 1. The molecular weight excluding hydrogens is 594 g/mol. The Hall–Kier alpha value is -4.65. The molecule has 46 heavy (non-hydrogen) atoms. The molecule has 3 N–H and O–H groups in total. The predicted molar refractivity (Wildman–Crippen MR) is 165 cm³/mol. The molecule has 2 saturated carbocycles. The van der Waals surface area contributed by atoms with Crippen LogP contribution >= 0.6 is 0 Å². The highest BCUT2D eigenvalue weighted by Crippen LogP contribution is 2.49. The normalized spacial score (nSPS) is 28.2. The fourth-order valence-corrected chi connectivity index (χ4v) is 8.32. The second kappa shape index (κ2) is 11.6. The summed E-state index contributed by atoms with van der Waals surface area (Å²) in [6.45, 7) is 1.56. The van der Waals surface area contributed by atoms with Gasteiger partial charge in [-0.1, -0.05) is 18.2 Å². The van der Waals surface area contributed by atoms with E-state index in [1.165, 1.54) is 35.6 Å². The van der Waals surface area contributed by atoms with Gasteiger partial charge in [0.1, 0.15) is 23.4 Å². The number of likely N-dealkylation sites (tertiary alicyclic amines) is 1. The fraction of sp³-hybridized carbons (Fsp3) is 0.485. The summed E-state index contributed by atoms with van der Waals surface area (Å²) in [5.74, 6) is -0.106. The molecule has 3 aliphatic heterocycles. The maximum Gasteiger partial charge on any atom is 0.427 e. The number of aromatic nitrogens is 1. The van der Waals surface area contributed by atoms with E-state index >= 15 is 0 Å². The number of hydrogen-bond acceptors (Lipinski definition) is 8. The van der Waals surface area contributed by atoms with Gasteiger partial charge in [-0.3, -0.25) is 14.9 Å². The van der Waals surface area contributed by atoms with Crippen molar-refractivity contribution in [1.29, 1.82) is 0 Å². The van der Waals surface area contributed by atoms with Crippen LogP contribution in [0.1, 0.15) is 51.0 Å². The Morgan fingerprint density at radius 2 is 1.70 bits per heavy atom. The SMILES string of the molecule is C[C@](Cc1c[nH]c2ccccc12)(NC(=O)ON1C2CC3CC(C2)CC1C3)C(=O)N1C[C@H](Oc2ccc([N+](=O)[O-])cc2)C[C@@H]1C(=O)O. The van der Waals surface area contributed by atoms with Crippen LogP contribution in [0.2, 0.25) is 0 Å². The third-order valence-corrected chi connectivity index (χ3v) is 10.2. The van der Waals surface area contributed by atoms with E-state index in [1.807, 2.05) is 29.3 Å². The largest absolute Gasteiger partial charge is 0.488 e. The molecule has 3 atom stereocenters. The van der Waals surface area contributed by atoms with Gasteiger partial charge in [0.05, 0.1) is 11.5 Å². The lowest BCUT2D eigenvalue weighted by molar-refractivity contribution is -0.384. The number of nitro groups is 1. The minimum Gasteiger partial charge on any atom is -0.488 e.